The predicted molar refractivity (Wildman–Crippen MR) is 37.9 cm³/mol. The van der Waals surface area contributed by atoms with Crippen LogP contribution in [0, 0.1) is 0 Å². The summed E-state index contributed by atoms with van der Waals surface area (Å²) >= 11 is 0. The molecule has 0 radical (unpaired) electrons. The van der Waals surface area contributed by atoms with Crippen LogP contribution >= 0.6 is 0 Å². The molecule has 0 saturated carbocycles. The summed E-state index contributed by atoms with van der Waals surface area (Å²) in [6, 6.07) is 0. The molecule has 0 aromatic rings. The normalized spacial score (nSPS) is 40.8. The van der Waals surface area contributed by atoms with E-state index in [0.717, 1.165) is 26.1 Å². The van der Waals surface area contributed by atoms with Gasteiger partial charge >= 0.3 is 0 Å². The maximum absolute atomic E-state index is 5.72. The molecule has 2 saturated heterocycles. The van der Waals surface area contributed by atoms with Gasteiger partial charge in [0.15, 0.2) is 0 Å². The molecule has 0 amide bonds. The Kier molecular flexibility index (Phi) is 1.91. The molecule has 2 nitrogen and oxygen atoms in total. The lowest BCUT2D eigenvalue weighted by molar-refractivity contribution is -0.0226. The Morgan fingerprint density at radius 2 is 1.40 bits per heavy atom. The molecule has 0 aromatic carbocycles. The summed E-state index contributed by atoms with van der Waals surface area (Å²) in [6.45, 7) is 1.80. The summed E-state index contributed by atoms with van der Waals surface area (Å²) in [7, 11) is 0. The lowest BCUT2D eigenvalue weighted by atomic mass is 10.1. The van der Waals surface area contributed by atoms with Gasteiger partial charge in [-0.15, -0.1) is 0 Å². The molecule has 2 bridgehead atoms. The number of hydrogen-bond acceptors (Lipinski definition) is 2. The molecule has 2 unspecified atom stereocenters. The lowest BCUT2D eigenvalue weighted by Gasteiger charge is -2.17. The molecule has 0 spiro atoms. The molecule has 10 heavy (non-hydrogen) atoms. The van der Waals surface area contributed by atoms with E-state index in [1.807, 2.05) is 0 Å². The molecule has 2 fully saturated rings. The van der Waals surface area contributed by atoms with Crippen LogP contribution in [0.15, 0.2) is 0 Å². The molecule has 2 aliphatic rings. The van der Waals surface area contributed by atoms with E-state index in [1.165, 1.54) is 12.8 Å². The second-order valence-corrected chi connectivity index (χ2v) is 3.15. The Labute approximate surface area is 61.5 Å². The third-order valence-corrected chi connectivity index (χ3v) is 2.36. The van der Waals surface area contributed by atoms with Crippen molar-refractivity contribution in [2.24, 2.45) is 0 Å². The first-order chi connectivity index (χ1) is 4.95. The van der Waals surface area contributed by atoms with Crippen molar-refractivity contribution in [3.8, 4) is 0 Å². The maximum atomic E-state index is 5.72. The van der Waals surface area contributed by atoms with E-state index in [-0.39, 0.29) is 0 Å². The second kappa shape index (κ2) is 2.89. The van der Waals surface area contributed by atoms with Crippen molar-refractivity contribution >= 4 is 0 Å². The van der Waals surface area contributed by atoms with Crippen molar-refractivity contribution < 1.29 is 9.47 Å². The summed E-state index contributed by atoms with van der Waals surface area (Å²) in [4.78, 5) is 0. The molecular weight excluding hydrogens is 128 g/mol. The minimum Gasteiger partial charge on any atom is -0.381 e. The third kappa shape index (κ3) is 1.32. The fraction of sp³-hybridized carbons (Fsp3) is 1.00. The van der Waals surface area contributed by atoms with Crippen LogP contribution in [0.2, 0.25) is 0 Å². The summed E-state index contributed by atoms with van der Waals surface area (Å²) in [5.74, 6) is 0. The van der Waals surface area contributed by atoms with Crippen molar-refractivity contribution in [1.29, 1.82) is 0 Å². The van der Waals surface area contributed by atoms with Crippen molar-refractivity contribution in [2.75, 3.05) is 13.2 Å². The van der Waals surface area contributed by atoms with Crippen LogP contribution in [0.4, 0.5) is 0 Å². The fourth-order valence-electron chi connectivity index (χ4n) is 1.74. The average molecular weight is 142 g/mol. The number of rotatable bonds is 0. The Hall–Kier alpha value is -0.0800. The largest absolute Gasteiger partial charge is 0.381 e. The van der Waals surface area contributed by atoms with E-state index in [2.05, 4.69) is 0 Å². The van der Waals surface area contributed by atoms with Gasteiger partial charge < -0.3 is 9.47 Å². The Morgan fingerprint density at radius 3 is 2.00 bits per heavy atom. The van der Waals surface area contributed by atoms with Gasteiger partial charge in [0.1, 0.15) is 0 Å². The standard InChI is InChI=1S/C8H14O2/c1-2-8-4-6-9-5-3-7(1)10-8/h7-8H,1-6H2. The van der Waals surface area contributed by atoms with Gasteiger partial charge in [0.25, 0.3) is 0 Å². The molecule has 0 aromatic heterocycles. The van der Waals surface area contributed by atoms with E-state index in [9.17, 15) is 0 Å². The van der Waals surface area contributed by atoms with Gasteiger partial charge in [0.05, 0.1) is 12.2 Å². The van der Waals surface area contributed by atoms with Gasteiger partial charge in [0, 0.05) is 13.2 Å². The van der Waals surface area contributed by atoms with Crippen LogP contribution in [0.1, 0.15) is 25.7 Å². The Balaban J connectivity index is 1.91. The first-order valence-electron chi connectivity index (χ1n) is 4.18. The number of hydrogen-bond donors (Lipinski definition) is 0. The van der Waals surface area contributed by atoms with Crippen LogP contribution in [-0.2, 0) is 9.47 Å². The summed E-state index contributed by atoms with van der Waals surface area (Å²) < 4.78 is 11.1. The molecule has 0 aliphatic carbocycles. The number of fused-ring (bicyclic) bond motifs is 2. The van der Waals surface area contributed by atoms with Crippen molar-refractivity contribution in [1.82, 2.24) is 0 Å². The van der Waals surface area contributed by atoms with Gasteiger partial charge in [-0.1, -0.05) is 0 Å². The topological polar surface area (TPSA) is 18.5 Å². The van der Waals surface area contributed by atoms with E-state index in [0.29, 0.717) is 12.2 Å². The molecule has 2 rings (SSSR count). The van der Waals surface area contributed by atoms with E-state index in [1.54, 1.807) is 0 Å². The molecule has 2 heteroatoms. The second-order valence-electron chi connectivity index (χ2n) is 3.15. The predicted octanol–water partition coefficient (Wildman–Crippen LogP) is 1.34. The zero-order chi connectivity index (χ0) is 6.81. The van der Waals surface area contributed by atoms with Gasteiger partial charge in [-0.3, -0.25) is 0 Å². The van der Waals surface area contributed by atoms with Crippen molar-refractivity contribution in [3.63, 3.8) is 0 Å². The first-order valence-corrected chi connectivity index (χ1v) is 4.18. The smallest absolute Gasteiger partial charge is 0.0601 e. The van der Waals surface area contributed by atoms with Gasteiger partial charge in [-0.2, -0.15) is 0 Å². The van der Waals surface area contributed by atoms with Crippen LogP contribution in [-0.4, -0.2) is 25.4 Å². The maximum Gasteiger partial charge on any atom is 0.0601 e. The van der Waals surface area contributed by atoms with Crippen molar-refractivity contribution in [3.05, 3.63) is 0 Å². The van der Waals surface area contributed by atoms with Gasteiger partial charge in [-0.05, 0) is 25.7 Å². The van der Waals surface area contributed by atoms with Crippen LogP contribution in [0.5, 0.6) is 0 Å². The van der Waals surface area contributed by atoms with E-state index >= 15 is 0 Å². The summed E-state index contributed by atoms with van der Waals surface area (Å²) in [5, 5.41) is 0. The van der Waals surface area contributed by atoms with Crippen LogP contribution in [0.25, 0.3) is 0 Å². The summed E-state index contributed by atoms with van der Waals surface area (Å²) in [5.41, 5.74) is 0. The SMILES string of the molecule is C1CC2CCC(CCO1)O2. The third-order valence-electron chi connectivity index (χ3n) is 2.36. The molecule has 58 valence electrons. The van der Waals surface area contributed by atoms with E-state index in [4.69, 9.17) is 9.47 Å². The highest BCUT2D eigenvalue weighted by Gasteiger charge is 2.26. The molecule has 2 atom stereocenters. The van der Waals surface area contributed by atoms with Gasteiger partial charge in [-0.25, -0.2) is 0 Å². The highest BCUT2D eigenvalue weighted by atomic mass is 16.5. The van der Waals surface area contributed by atoms with E-state index < -0.39 is 0 Å². The Bertz CT molecular complexity index is 102. The van der Waals surface area contributed by atoms with Gasteiger partial charge in [0.2, 0.25) is 0 Å². The zero-order valence-electron chi connectivity index (χ0n) is 6.21. The Morgan fingerprint density at radius 1 is 0.800 bits per heavy atom. The highest BCUT2D eigenvalue weighted by molar-refractivity contribution is 4.74. The quantitative estimate of drug-likeness (QED) is 0.508. The van der Waals surface area contributed by atoms with Crippen LogP contribution in [0.3, 0.4) is 0 Å². The minimum atomic E-state index is 0.519. The minimum absolute atomic E-state index is 0.519. The number of ether oxygens (including phenoxy) is 2. The highest BCUT2D eigenvalue weighted by Crippen LogP contribution is 2.25. The molecule has 2 aliphatic heterocycles. The monoisotopic (exact) mass is 142 g/mol. The van der Waals surface area contributed by atoms with Crippen molar-refractivity contribution in [2.45, 2.75) is 37.9 Å². The van der Waals surface area contributed by atoms with Crippen LogP contribution < -0.4 is 0 Å². The first kappa shape index (κ1) is 6.62. The molecular formula is C8H14O2. The molecule has 0 N–H and O–H groups in total. The molecule has 2 heterocycles. The lowest BCUT2D eigenvalue weighted by Crippen LogP contribution is -2.18. The fourth-order valence-corrected chi connectivity index (χ4v) is 1.74. The zero-order valence-corrected chi connectivity index (χ0v) is 6.21. The average Bonchev–Trinajstić information content (AvgIpc) is 2.30. The summed E-state index contributed by atoms with van der Waals surface area (Å²) in [6.07, 6.45) is 5.77.